The number of anilines is 4. The van der Waals surface area contributed by atoms with Gasteiger partial charge in [0.2, 0.25) is 11.9 Å². The number of carbonyl (C=O) groups is 1. The number of rotatable bonds is 9. The molecule has 51 heavy (non-hydrogen) atoms. The van der Waals surface area contributed by atoms with E-state index in [1.165, 1.54) is 16.7 Å². The zero-order chi connectivity index (χ0) is 36.5. The number of nitrogens with zero attached hydrogens (tertiary/aromatic N) is 8. The zero-order valence-corrected chi connectivity index (χ0v) is 32.2. The van der Waals surface area contributed by atoms with E-state index in [1.54, 1.807) is 6.20 Å². The number of aliphatic carboxylic acids is 1. The summed E-state index contributed by atoms with van der Waals surface area (Å²) in [6, 6.07) is 7.38. The van der Waals surface area contributed by atoms with Crippen molar-refractivity contribution in [2.45, 2.75) is 104 Å². The van der Waals surface area contributed by atoms with E-state index in [1.807, 2.05) is 12.4 Å². The number of carboxylic acid groups (broad SMARTS) is 1. The molecular formula is C39H55ClN8O3. The Kier molecular flexibility index (Phi) is 11.0. The van der Waals surface area contributed by atoms with Crippen LogP contribution < -0.4 is 19.6 Å². The molecule has 0 amide bonds. The molecule has 12 heteroatoms. The molecule has 6 rings (SSSR count). The fourth-order valence-corrected chi connectivity index (χ4v) is 7.65. The van der Waals surface area contributed by atoms with E-state index in [0.29, 0.717) is 69.2 Å². The molecule has 3 aliphatic heterocycles. The highest BCUT2D eigenvalue weighted by atomic mass is 35.5. The van der Waals surface area contributed by atoms with E-state index in [-0.39, 0.29) is 28.8 Å². The van der Waals surface area contributed by atoms with Crippen LogP contribution in [0, 0.1) is 5.92 Å². The minimum Gasteiger partial charge on any atom is -0.481 e. The molecule has 2 atom stereocenters. The van der Waals surface area contributed by atoms with E-state index in [9.17, 15) is 9.90 Å². The van der Waals surface area contributed by atoms with Crippen molar-refractivity contribution < 1.29 is 14.6 Å². The molecule has 3 saturated heterocycles. The van der Waals surface area contributed by atoms with Gasteiger partial charge in [-0.1, -0.05) is 78.3 Å². The average Bonchev–Trinajstić information content (AvgIpc) is 3.54. The van der Waals surface area contributed by atoms with Crippen LogP contribution in [-0.2, 0) is 26.9 Å². The van der Waals surface area contributed by atoms with Gasteiger partial charge in [-0.15, -0.1) is 0 Å². The highest BCUT2D eigenvalue weighted by molar-refractivity contribution is 6.32. The van der Waals surface area contributed by atoms with Gasteiger partial charge >= 0.3 is 5.97 Å². The van der Waals surface area contributed by atoms with Crippen molar-refractivity contribution in [3.63, 3.8) is 0 Å². The van der Waals surface area contributed by atoms with Gasteiger partial charge in [0.15, 0.2) is 5.82 Å². The van der Waals surface area contributed by atoms with Gasteiger partial charge in [-0.25, -0.2) is 15.0 Å². The van der Waals surface area contributed by atoms with Gasteiger partial charge < -0.3 is 29.4 Å². The summed E-state index contributed by atoms with van der Waals surface area (Å²) in [6.07, 6.45) is 8.58. The van der Waals surface area contributed by atoms with E-state index < -0.39 is 5.97 Å². The molecular weight excluding hydrogens is 664 g/mol. The predicted molar refractivity (Wildman–Crippen MR) is 205 cm³/mol. The van der Waals surface area contributed by atoms with Crippen molar-refractivity contribution in [2.75, 3.05) is 65.5 Å². The summed E-state index contributed by atoms with van der Waals surface area (Å²) in [6.45, 7) is 21.5. The molecule has 1 N–H and O–H groups in total. The maximum absolute atomic E-state index is 11.6. The van der Waals surface area contributed by atoms with Crippen LogP contribution in [0.2, 0.25) is 5.02 Å². The molecule has 276 valence electrons. The van der Waals surface area contributed by atoms with Crippen molar-refractivity contribution in [3.8, 4) is 0 Å². The van der Waals surface area contributed by atoms with Crippen molar-refractivity contribution in [3.05, 3.63) is 58.5 Å². The number of ether oxygens (including phenoxy) is 1. The fourth-order valence-electron chi connectivity index (χ4n) is 7.45. The highest BCUT2D eigenvalue weighted by Gasteiger charge is 2.38. The maximum Gasteiger partial charge on any atom is 0.306 e. The first kappa shape index (κ1) is 37.1. The first-order valence-corrected chi connectivity index (χ1v) is 18.9. The minimum absolute atomic E-state index is 0.00102. The first-order valence-electron chi connectivity index (χ1n) is 18.5. The lowest BCUT2D eigenvalue weighted by atomic mass is 9.79. The van der Waals surface area contributed by atoms with Crippen molar-refractivity contribution in [2.24, 2.45) is 5.92 Å². The monoisotopic (exact) mass is 718 g/mol. The number of aromatic nitrogens is 4. The van der Waals surface area contributed by atoms with Gasteiger partial charge in [0.1, 0.15) is 5.02 Å². The number of carboxylic acids is 1. The van der Waals surface area contributed by atoms with E-state index in [2.05, 4.69) is 91.2 Å². The number of benzene rings is 1. The summed E-state index contributed by atoms with van der Waals surface area (Å²) in [5.41, 5.74) is 4.89. The van der Waals surface area contributed by atoms with Crippen LogP contribution in [0.1, 0.15) is 90.8 Å². The zero-order valence-electron chi connectivity index (χ0n) is 31.4. The quantitative estimate of drug-likeness (QED) is 0.255. The van der Waals surface area contributed by atoms with E-state index in [4.69, 9.17) is 31.3 Å². The molecule has 0 bridgehead atoms. The molecule has 0 radical (unpaired) electrons. The van der Waals surface area contributed by atoms with Crippen LogP contribution in [0.3, 0.4) is 0 Å². The Morgan fingerprint density at radius 1 is 0.922 bits per heavy atom. The lowest BCUT2D eigenvalue weighted by Crippen LogP contribution is -2.40. The third-order valence-corrected chi connectivity index (χ3v) is 11.0. The molecule has 3 aliphatic rings. The van der Waals surface area contributed by atoms with Crippen molar-refractivity contribution in [1.82, 2.24) is 19.9 Å². The molecule has 0 unspecified atom stereocenters. The molecule has 3 fully saturated rings. The minimum atomic E-state index is -0.731. The summed E-state index contributed by atoms with van der Waals surface area (Å²) in [5.74, 6) is 0.985. The van der Waals surface area contributed by atoms with Crippen LogP contribution >= 0.6 is 11.6 Å². The van der Waals surface area contributed by atoms with E-state index >= 15 is 0 Å². The Morgan fingerprint density at radius 2 is 1.55 bits per heavy atom. The lowest BCUT2D eigenvalue weighted by molar-refractivity contribution is -0.142. The van der Waals surface area contributed by atoms with Gasteiger partial charge in [-0.2, -0.15) is 4.98 Å². The Balaban J connectivity index is 1.33. The summed E-state index contributed by atoms with van der Waals surface area (Å²) in [4.78, 5) is 40.3. The topological polar surface area (TPSA) is 111 Å². The number of morpholine rings is 1. The summed E-state index contributed by atoms with van der Waals surface area (Å²) in [7, 11) is 0. The average molecular weight is 719 g/mol. The van der Waals surface area contributed by atoms with Crippen LogP contribution in [0.25, 0.3) is 0 Å². The normalized spacial score (nSPS) is 20.6. The predicted octanol–water partition coefficient (Wildman–Crippen LogP) is 6.72. The van der Waals surface area contributed by atoms with Gasteiger partial charge in [0.25, 0.3) is 0 Å². The Bertz CT molecular complexity index is 1630. The standard InChI is InChI=1S/C39H55ClN8O3/c1-8-30-20-31(25-47(30)34-33(40)23-43-37(44-34)46-11-9-27(10-12-46)35(49)50)48(36-41-21-32(22-42-36)45-13-15-51-16-14-45)24-26-17-28(38(2,3)4)19-29(18-26)39(5,6)7/h17-19,21-23,27,30-31H,8-16,20,24-25H2,1-7H3,(H,49,50)/t30-,31+/m1/s1. The van der Waals surface area contributed by atoms with Gasteiger partial charge in [0, 0.05) is 45.3 Å². The first-order chi connectivity index (χ1) is 24.2. The number of hydrogen-bond donors (Lipinski definition) is 1. The fraction of sp³-hybridized carbons (Fsp3) is 0.615. The number of hydrogen-bond acceptors (Lipinski definition) is 10. The molecule has 2 aromatic heterocycles. The van der Waals surface area contributed by atoms with Gasteiger partial charge in [-0.3, -0.25) is 4.79 Å². The molecule has 0 spiro atoms. The van der Waals surface area contributed by atoms with Crippen LogP contribution in [0.5, 0.6) is 0 Å². The van der Waals surface area contributed by atoms with Crippen LogP contribution in [-0.4, -0.2) is 89.0 Å². The second-order valence-corrected chi connectivity index (χ2v) is 16.8. The number of halogens is 1. The van der Waals surface area contributed by atoms with Crippen molar-refractivity contribution in [1.29, 1.82) is 0 Å². The van der Waals surface area contributed by atoms with Gasteiger partial charge in [-0.05, 0) is 53.2 Å². The highest BCUT2D eigenvalue weighted by Crippen LogP contribution is 2.37. The summed E-state index contributed by atoms with van der Waals surface area (Å²) >= 11 is 6.87. The molecule has 1 aromatic carbocycles. The molecule has 3 aromatic rings. The summed E-state index contributed by atoms with van der Waals surface area (Å²) in [5, 5.41) is 10.0. The lowest BCUT2D eigenvalue weighted by Gasteiger charge is -2.33. The molecule has 11 nitrogen and oxygen atoms in total. The second-order valence-electron chi connectivity index (χ2n) is 16.4. The second kappa shape index (κ2) is 15.1. The third kappa shape index (κ3) is 8.52. The van der Waals surface area contributed by atoms with E-state index in [0.717, 1.165) is 37.4 Å². The SMILES string of the molecule is CC[C@@H]1C[C@H](N(Cc2cc(C(C)(C)C)cc(C(C)(C)C)c2)c2ncc(N3CCOCC3)cn2)CN1c1nc(N2CCC(C(=O)O)CC2)ncc1Cl. The number of piperidine rings is 1. The van der Waals surface area contributed by atoms with Crippen LogP contribution in [0.4, 0.5) is 23.4 Å². The Hall–Kier alpha value is -3.70. The molecule has 0 saturated carbocycles. The Morgan fingerprint density at radius 3 is 2.12 bits per heavy atom. The van der Waals surface area contributed by atoms with Crippen molar-refractivity contribution >= 4 is 41.0 Å². The summed E-state index contributed by atoms with van der Waals surface area (Å²) < 4.78 is 5.58. The van der Waals surface area contributed by atoms with Crippen LogP contribution in [0.15, 0.2) is 36.8 Å². The molecule has 0 aliphatic carbocycles. The van der Waals surface area contributed by atoms with Gasteiger partial charge in [0.05, 0.1) is 49.5 Å². The Labute approximate surface area is 308 Å². The third-order valence-electron chi connectivity index (χ3n) is 10.8. The maximum atomic E-state index is 11.6. The smallest absolute Gasteiger partial charge is 0.306 e. The largest absolute Gasteiger partial charge is 0.481 e. The molecule has 5 heterocycles.